The second kappa shape index (κ2) is 10.3. The zero-order valence-electron chi connectivity index (χ0n) is 11.1. The molecule has 0 heterocycles. The van der Waals surface area contributed by atoms with E-state index in [1.165, 1.54) is 13.0 Å². The van der Waals surface area contributed by atoms with E-state index in [1.807, 2.05) is 24.3 Å². The van der Waals surface area contributed by atoms with Crippen molar-refractivity contribution in [2.45, 2.75) is 24.3 Å². The number of amides is 2. The molecular formula is C13H18ClN3O2S. The Balaban J connectivity index is 0.000000388. The number of benzene rings is 1. The Morgan fingerprint density at radius 3 is 2.35 bits per heavy atom. The summed E-state index contributed by atoms with van der Waals surface area (Å²) in [5.41, 5.74) is 9.67. The average molecular weight is 316 g/mol. The van der Waals surface area contributed by atoms with E-state index >= 15 is 0 Å². The van der Waals surface area contributed by atoms with Gasteiger partial charge in [-0.3, -0.25) is 20.4 Å². The van der Waals surface area contributed by atoms with Crippen LogP contribution in [0.15, 0.2) is 41.8 Å². The molecule has 7 heteroatoms. The van der Waals surface area contributed by atoms with Gasteiger partial charge in [0, 0.05) is 16.8 Å². The maximum Gasteiger partial charge on any atom is 0.255 e. The molecule has 1 rings (SSSR count). The van der Waals surface area contributed by atoms with E-state index in [4.69, 9.17) is 17.3 Å². The molecule has 1 unspecified atom stereocenters. The summed E-state index contributed by atoms with van der Waals surface area (Å²) >= 11 is 9.65. The Kier molecular flexibility index (Phi) is 9.53. The summed E-state index contributed by atoms with van der Waals surface area (Å²) in [4.78, 5) is 22.2. The van der Waals surface area contributed by atoms with Gasteiger partial charge in [0.05, 0.1) is 6.04 Å². The third kappa shape index (κ3) is 9.43. The summed E-state index contributed by atoms with van der Waals surface area (Å²) in [6.07, 6.45) is 1.92. The highest BCUT2D eigenvalue weighted by Gasteiger charge is 2.10. The Morgan fingerprint density at radius 1 is 1.40 bits per heavy atom. The lowest BCUT2D eigenvalue weighted by molar-refractivity contribution is -0.128. The molecular weight excluding hydrogens is 298 g/mol. The van der Waals surface area contributed by atoms with E-state index in [9.17, 15) is 9.59 Å². The van der Waals surface area contributed by atoms with Gasteiger partial charge in [0.15, 0.2) is 0 Å². The number of rotatable bonds is 3. The van der Waals surface area contributed by atoms with Crippen LogP contribution in [0.25, 0.3) is 0 Å². The van der Waals surface area contributed by atoms with E-state index in [0.717, 1.165) is 9.92 Å². The quantitative estimate of drug-likeness (QED) is 0.389. The normalized spacial score (nSPS) is 10.6. The van der Waals surface area contributed by atoms with Crippen molar-refractivity contribution in [3.05, 3.63) is 41.9 Å². The van der Waals surface area contributed by atoms with Crippen molar-refractivity contribution >= 4 is 36.0 Å². The molecule has 1 aromatic carbocycles. The van der Waals surface area contributed by atoms with E-state index in [0.29, 0.717) is 6.42 Å². The van der Waals surface area contributed by atoms with Gasteiger partial charge in [-0.2, -0.15) is 0 Å². The molecule has 0 aliphatic heterocycles. The second-order valence-electron chi connectivity index (χ2n) is 3.78. The first kappa shape index (κ1) is 18.5. The second-order valence-corrected chi connectivity index (χ2v) is 4.73. The van der Waals surface area contributed by atoms with Gasteiger partial charge in [0.1, 0.15) is 0 Å². The Hall–Kier alpha value is -1.50. The highest BCUT2D eigenvalue weighted by molar-refractivity contribution is 7.80. The van der Waals surface area contributed by atoms with E-state index in [2.05, 4.69) is 30.1 Å². The number of thiol groups is 1. The molecule has 1 atom stereocenters. The number of nitrogens with two attached hydrogens (primary N) is 1. The van der Waals surface area contributed by atoms with Crippen molar-refractivity contribution in [3.63, 3.8) is 0 Å². The van der Waals surface area contributed by atoms with Crippen molar-refractivity contribution in [1.82, 2.24) is 10.9 Å². The van der Waals surface area contributed by atoms with Gasteiger partial charge in [-0.1, -0.05) is 17.7 Å². The number of carbonyl (C=O) groups excluding carboxylic acids is 2. The minimum Gasteiger partial charge on any atom is -0.320 e. The summed E-state index contributed by atoms with van der Waals surface area (Å²) in [5, 5.41) is 0.753. The fourth-order valence-electron chi connectivity index (χ4n) is 0.970. The first-order valence-corrected chi connectivity index (χ1v) is 6.56. The minimum atomic E-state index is -0.658. The standard InChI is InChI=1S/C7H13N3O2.C6H5ClS/c1-3-4-6(8)7(12)10-9-5(2)11;7-5-1-3-6(8)4-2-5/h3,6H,1,4,8H2,2H3,(H,9,11)(H,10,12);1-4,8H. The van der Waals surface area contributed by atoms with Crippen LogP contribution in [0.2, 0.25) is 5.02 Å². The molecule has 0 fully saturated rings. The molecule has 0 radical (unpaired) electrons. The van der Waals surface area contributed by atoms with Gasteiger partial charge >= 0.3 is 0 Å². The first-order valence-electron chi connectivity index (χ1n) is 5.74. The van der Waals surface area contributed by atoms with E-state index in [1.54, 1.807) is 0 Å². The fraction of sp³-hybridized carbons (Fsp3) is 0.231. The number of hydrazine groups is 1. The van der Waals surface area contributed by atoms with Crippen molar-refractivity contribution in [2.75, 3.05) is 0 Å². The van der Waals surface area contributed by atoms with Gasteiger partial charge in [-0.05, 0) is 30.7 Å². The molecule has 2 amide bonds. The van der Waals surface area contributed by atoms with Crippen LogP contribution in [0.3, 0.4) is 0 Å². The lowest BCUT2D eigenvalue weighted by atomic mass is 10.2. The summed E-state index contributed by atoms with van der Waals surface area (Å²) < 4.78 is 0. The SMILES string of the molecule is C=CCC(N)C(=O)NNC(C)=O.Sc1ccc(Cl)cc1. The van der Waals surface area contributed by atoms with Crippen LogP contribution in [0.1, 0.15) is 13.3 Å². The van der Waals surface area contributed by atoms with Crippen LogP contribution >= 0.6 is 24.2 Å². The molecule has 0 bridgehead atoms. The molecule has 5 nitrogen and oxygen atoms in total. The fourth-order valence-corrected chi connectivity index (χ4v) is 1.25. The van der Waals surface area contributed by atoms with Crippen molar-refractivity contribution in [1.29, 1.82) is 0 Å². The minimum absolute atomic E-state index is 0.339. The maximum atomic E-state index is 10.9. The third-order valence-electron chi connectivity index (χ3n) is 1.95. The van der Waals surface area contributed by atoms with Gasteiger partial charge in [-0.15, -0.1) is 19.2 Å². The average Bonchev–Trinajstić information content (AvgIpc) is 2.40. The van der Waals surface area contributed by atoms with E-state index < -0.39 is 11.9 Å². The smallest absolute Gasteiger partial charge is 0.255 e. The largest absolute Gasteiger partial charge is 0.320 e. The highest BCUT2D eigenvalue weighted by atomic mass is 35.5. The number of halogens is 1. The molecule has 0 aliphatic carbocycles. The lowest BCUT2D eigenvalue weighted by Crippen LogP contribution is -2.48. The molecule has 0 aliphatic rings. The number of hydrogen-bond acceptors (Lipinski definition) is 4. The number of nitrogens with one attached hydrogen (secondary N) is 2. The summed E-state index contributed by atoms with van der Waals surface area (Å²) in [6.45, 7) is 4.72. The third-order valence-corrected chi connectivity index (χ3v) is 2.50. The summed E-state index contributed by atoms with van der Waals surface area (Å²) in [5.74, 6) is -0.765. The van der Waals surface area contributed by atoms with Crippen LogP contribution in [-0.2, 0) is 9.59 Å². The Morgan fingerprint density at radius 2 is 1.95 bits per heavy atom. The van der Waals surface area contributed by atoms with Crippen molar-refractivity contribution < 1.29 is 9.59 Å². The van der Waals surface area contributed by atoms with Crippen LogP contribution in [0.5, 0.6) is 0 Å². The van der Waals surface area contributed by atoms with Crippen LogP contribution in [0, 0.1) is 0 Å². The van der Waals surface area contributed by atoms with Crippen LogP contribution < -0.4 is 16.6 Å². The van der Waals surface area contributed by atoms with Crippen molar-refractivity contribution in [2.24, 2.45) is 5.73 Å². The van der Waals surface area contributed by atoms with Gasteiger partial charge in [-0.25, -0.2) is 0 Å². The van der Waals surface area contributed by atoms with Gasteiger partial charge in [0.25, 0.3) is 5.91 Å². The van der Waals surface area contributed by atoms with Gasteiger partial charge < -0.3 is 5.73 Å². The Bertz CT molecular complexity index is 430. The van der Waals surface area contributed by atoms with E-state index in [-0.39, 0.29) is 5.91 Å². The molecule has 0 spiro atoms. The zero-order valence-corrected chi connectivity index (χ0v) is 12.7. The Labute approximate surface area is 128 Å². The zero-order chi connectivity index (χ0) is 15.5. The number of carbonyl (C=O) groups is 2. The molecule has 110 valence electrons. The first-order chi connectivity index (χ1) is 9.36. The molecule has 0 saturated heterocycles. The highest BCUT2D eigenvalue weighted by Crippen LogP contribution is 2.11. The molecule has 0 saturated carbocycles. The molecule has 4 N–H and O–H groups in total. The summed E-state index contributed by atoms with van der Waals surface area (Å²) in [6, 6.07) is 6.67. The predicted molar refractivity (Wildman–Crippen MR) is 83.5 cm³/mol. The molecule has 0 aromatic heterocycles. The van der Waals surface area contributed by atoms with Gasteiger partial charge in [0.2, 0.25) is 5.91 Å². The predicted octanol–water partition coefficient (Wildman–Crippen LogP) is 1.69. The van der Waals surface area contributed by atoms with Crippen LogP contribution in [-0.4, -0.2) is 17.9 Å². The topological polar surface area (TPSA) is 84.2 Å². The maximum absolute atomic E-state index is 10.9. The number of hydrogen-bond donors (Lipinski definition) is 4. The molecule has 1 aromatic rings. The lowest BCUT2D eigenvalue weighted by Gasteiger charge is -2.09. The molecule has 20 heavy (non-hydrogen) atoms. The summed E-state index contributed by atoms with van der Waals surface area (Å²) in [7, 11) is 0. The monoisotopic (exact) mass is 315 g/mol. The van der Waals surface area contributed by atoms with Crippen molar-refractivity contribution in [3.8, 4) is 0 Å². The van der Waals surface area contributed by atoms with Crippen LogP contribution in [0.4, 0.5) is 0 Å².